The molecule has 0 bridgehead atoms. The fraction of sp³-hybridized carbons (Fsp3) is 0.250. The highest BCUT2D eigenvalue weighted by Gasteiger charge is 2.23. The van der Waals surface area contributed by atoms with Gasteiger partial charge in [-0.25, -0.2) is 4.39 Å². The summed E-state index contributed by atoms with van der Waals surface area (Å²) in [6, 6.07) is 0.962. The Morgan fingerprint density at radius 3 is 2.64 bits per heavy atom. The molecule has 0 aliphatic heterocycles. The molecule has 2 unspecified atom stereocenters. The van der Waals surface area contributed by atoms with Gasteiger partial charge in [-0.1, -0.05) is 0 Å². The van der Waals surface area contributed by atoms with E-state index in [1.165, 1.54) is 0 Å². The van der Waals surface area contributed by atoms with Crippen LogP contribution in [0.2, 0.25) is 0 Å². The smallest absolute Gasteiger partial charge is 0.249 e. The van der Waals surface area contributed by atoms with Gasteiger partial charge in [0.1, 0.15) is 11.9 Å². The van der Waals surface area contributed by atoms with Gasteiger partial charge >= 0.3 is 0 Å². The summed E-state index contributed by atoms with van der Waals surface area (Å²) < 4.78 is 12.6. The lowest BCUT2D eigenvalue weighted by atomic mass is 10.1. The van der Waals surface area contributed by atoms with Crippen LogP contribution in [-0.4, -0.2) is 27.2 Å². The predicted octanol–water partition coefficient (Wildman–Crippen LogP) is -0.900. The van der Waals surface area contributed by atoms with Crippen molar-refractivity contribution < 1.29 is 19.4 Å². The summed E-state index contributed by atoms with van der Waals surface area (Å²) in [7, 11) is 0. The number of hydrogen-bond donors (Lipinski definition) is 3. The number of nitrogens with two attached hydrogens (primary N) is 1. The highest BCUT2D eigenvalue weighted by molar-refractivity contribution is 5.79. The summed E-state index contributed by atoms with van der Waals surface area (Å²) in [4.78, 5) is 13.9. The molecule has 2 atom stereocenters. The summed E-state index contributed by atoms with van der Waals surface area (Å²) in [6.07, 6.45) is -1.25. The van der Waals surface area contributed by atoms with E-state index in [1.54, 1.807) is 0 Å². The average molecular weight is 200 g/mol. The molecular weight excluding hydrogens is 191 g/mol. The number of rotatable bonds is 3. The van der Waals surface area contributed by atoms with Crippen LogP contribution in [0.1, 0.15) is 11.7 Å². The summed E-state index contributed by atoms with van der Waals surface area (Å²) in [5.41, 5.74) is 4.75. The topological polar surface area (TPSA) is 96.4 Å². The van der Waals surface area contributed by atoms with Gasteiger partial charge < -0.3 is 15.9 Å². The number of halogens is 1. The van der Waals surface area contributed by atoms with Crippen LogP contribution < -0.4 is 5.73 Å². The van der Waals surface area contributed by atoms with Gasteiger partial charge in [0.2, 0.25) is 5.91 Å². The van der Waals surface area contributed by atoms with Crippen molar-refractivity contribution >= 4 is 5.91 Å². The number of hydrogen-bond acceptors (Lipinski definition) is 4. The summed E-state index contributed by atoms with van der Waals surface area (Å²) in [5, 5.41) is 18.4. The SMILES string of the molecule is NC(=O)C(O)C(O)c1cncc(F)c1. The maximum absolute atomic E-state index is 12.6. The lowest BCUT2D eigenvalue weighted by Crippen LogP contribution is -2.33. The van der Waals surface area contributed by atoms with Gasteiger partial charge in [0, 0.05) is 11.8 Å². The number of primary amides is 1. The van der Waals surface area contributed by atoms with Crippen molar-refractivity contribution in [3.05, 3.63) is 29.8 Å². The molecule has 6 heteroatoms. The molecule has 0 radical (unpaired) electrons. The fourth-order valence-corrected chi connectivity index (χ4v) is 0.928. The van der Waals surface area contributed by atoms with Gasteiger partial charge in [0.15, 0.2) is 6.10 Å². The Morgan fingerprint density at radius 2 is 2.14 bits per heavy atom. The first-order valence-corrected chi connectivity index (χ1v) is 3.78. The second-order valence-electron chi connectivity index (χ2n) is 2.73. The van der Waals surface area contributed by atoms with Crippen LogP contribution in [0.25, 0.3) is 0 Å². The van der Waals surface area contributed by atoms with Gasteiger partial charge in [0.25, 0.3) is 0 Å². The molecular formula is C8H9FN2O3. The van der Waals surface area contributed by atoms with Gasteiger partial charge in [0.05, 0.1) is 6.20 Å². The van der Waals surface area contributed by atoms with Crippen molar-refractivity contribution in [2.24, 2.45) is 5.73 Å². The van der Waals surface area contributed by atoms with Crippen LogP contribution >= 0.6 is 0 Å². The van der Waals surface area contributed by atoms with Crippen LogP contribution in [0.4, 0.5) is 4.39 Å². The lowest BCUT2D eigenvalue weighted by Gasteiger charge is -2.14. The Labute approximate surface area is 79.0 Å². The Balaban J connectivity index is 2.89. The number of nitrogens with zero attached hydrogens (tertiary/aromatic N) is 1. The molecule has 0 fully saturated rings. The number of aromatic nitrogens is 1. The van der Waals surface area contributed by atoms with Gasteiger partial charge in [-0.15, -0.1) is 0 Å². The normalized spacial score (nSPS) is 14.8. The third kappa shape index (κ3) is 2.24. The predicted molar refractivity (Wildman–Crippen MR) is 44.4 cm³/mol. The number of pyridine rings is 1. The van der Waals surface area contributed by atoms with Crippen LogP contribution in [0.5, 0.6) is 0 Å². The van der Waals surface area contributed by atoms with E-state index in [0.29, 0.717) is 0 Å². The van der Waals surface area contributed by atoms with E-state index in [4.69, 9.17) is 10.8 Å². The van der Waals surface area contributed by atoms with E-state index < -0.39 is 23.9 Å². The molecule has 1 aromatic heterocycles. The van der Waals surface area contributed by atoms with Crippen molar-refractivity contribution in [2.75, 3.05) is 0 Å². The van der Waals surface area contributed by atoms with E-state index in [2.05, 4.69) is 4.98 Å². The quantitative estimate of drug-likeness (QED) is 0.589. The Morgan fingerprint density at radius 1 is 1.50 bits per heavy atom. The van der Waals surface area contributed by atoms with Crippen molar-refractivity contribution in [2.45, 2.75) is 12.2 Å². The molecule has 0 aliphatic rings. The zero-order valence-electron chi connectivity index (χ0n) is 7.09. The Hall–Kier alpha value is -1.53. The molecule has 0 aromatic carbocycles. The zero-order chi connectivity index (χ0) is 10.7. The summed E-state index contributed by atoms with van der Waals surface area (Å²) in [5.74, 6) is -1.75. The maximum atomic E-state index is 12.6. The number of carbonyl (C=O) groups excluding carboxylic acids is 1. The second-order valence-corrected chi connectivity index (χ2v) is 2.73. The highest BCUT2D eigenvalue weighted by Crippen LogP contribution is 2.16. The molecule has 14 heavy (non-hydrogen) atoms. The average Bonchev–Trinajstić information content (AvgIpc) is 2.15. The zero-order valence-corrected chi connectivity index (χ0v) is 7.09. The Bertz CT molecular complexity index is 345. The third-order valence-electron chi connectivity index (χ3n) is 1.66. The summed E-state index contributed by atoms with van der Waals surface area (Å²) in [6.45, 7) is 0. The van der Waals surface area contributed by atoms with E-state index >= 15 is 0 Å². The molecule has 0 saturated carbocycles. The molecule has 5 nitrogen and oxygen atoms in total. The summed E-state index contributed by atoms with van der Waals surface area (Å²) >= 11 is 0. The molecule has 1 aromatic rings. The van der Waals surface area contributed by atoms with Crippen LogP contribution in [0.3, 0.4) is 0 Å². The third-order valence-corrected chi connectivity index (χ3v) is 1.66. The minimum Gasteiger partial charge on any atom is -0.385 e. The fourth-order valence-electron chi connectivity index (χ4n) is 0.928. The van der Waals surface area contributed by atoms with E-state index in [1.807, 2.05) is 0 Å². The second kappa shape index (κ2) is 4.12. The number of amides is 1. The molecule has 1 heterocycles. The number of carbonyl (C=O) groups is 1. The molecule has 76 valence electrons. The van der Waals surface area contributed by atoms with Crippen molar-refractivity contribution in [3.8, 4) is 0 Å². The molecule has 0 aliphatic carbocycles. The van der Waals surface area contributed by atoms with Crippen molar-refractivity contribution in [1.29, 1.82) is 0 Å². The standard InChI is InChI=1S/C8H9FN2O3/c9-5-1-4(2-11-3-5)6(12)7(13)8(10)14/h1-3,6-7,12-13H,(H2,10,14). The number of aliphatic hydroxyl groups is 2. The molecule has 0 spiro atoms. The largest absolute Gasteiger partial charge is 0.385 e. The molecule has 4 N–H and O–H groups in total. The van der Waals surface area contributed by atoms with Crippen LogP contribution in [0, 0.1) is 5.82 Å². The highest BCUT2D eigenvalue weighted by atomic mass is 19.1. The molecule has 1 rings (SSSR count). The van der Waals surface area contributed by atoms with E-state index in [9.17, 15) is 14.3 Å². The monoisotopic (exact) mass is 200 g/mol. The van der Waals surface area contributed by atoms with E-state index in [-0.39, 0.29) is 5.56 Å². The first-order chi connectivity index (χ1) is 6.52. The van der Waals surface area contributed by atoms with Gasteiger partial charge in [-0.05, 0) is 6.07 Å². The van der Waals surface area contributed by atoms with E-state index in [0.717, 1.165) is 18.5 Å². The van der Waals surface area contributed by atoms with Crippen molar-refractivity contribution in [3.63, 3.8) is 0 Å². The van der Waals surface area contributed by atoms with Crippen LogP contribution in [0.15, 0.2) is 18.5 Å². The lowest BCUT2D eigenvalue weighted by molar-refractivity contribution is -0.132. The van der Waals surface area contributed by atoms with Crippen LogP contribution in [-0.2, 0) is 4.79 Å². The first-order valence-electron chi connectivity index (χ1n) is 3.78. The molecule has 0 saturated heterocycles. The first kappa shape index (κ1) is 10.6. The Kier molecular flexibility index (Phi) is 3.10. The minimum absolute atomic E-state index is 0.00343. The maximum Gasteiger partial charge on any atom is 0.249 e. The van der Waals surface area contributed by atoms with Crippen molar-refractivity contribution in [1.82, 2.24) is 4.98 Å². The van der Waals surface area contributed by atoms with Gasteiger partial charge in [-0.2, -0.15) is 0 Å². The van der Waals surface area contributed by atoms with Gasteiger partial charge in [-0.3, -0.25) is 9.78 Å². The minimum atomic E-state index is -1.77. The molecule has 1 amide bonds. The number of aliphatic hydroxyl groups excluding tert-OH is 2.